The summed E-state index contributed by atoms with van der Waals surface area (Å²) in [5.41, 5.74) is 2.21. The third kappa shape index (κ3) is 2.43. The molecule has 6 heteroatoms. The lowest BCUT2D eigenvalue weighted by atomic mass is 10.1. The number of hydrogen-bond acceptors (Lipinski definition) is 3. The summed E-state index contributed by atoms with van der Waals surface area (Å²) in [4.78, 5) is 2.13. The average molecular weight is 295 g/mol. The van der Waals surface area contributed by atoms with Crippen molar-refractivity contribution in [1.82, 2.24) is 8.61 Å². The van der Waals surface area contributed by atoms with E-state index >= 15 is 0 Å². The van der Waals surface area contributed by atoms with Gasteiger partial charge in [-0.25, -0.2) is 0 Å². The quantitative estimate of drug-likeness (QED) is 0.825. The molecule has 20 heavy (non-hydrogen) atoms. The van der Waals surface area contributed by atoms with Crippen LogP contribution in [0.2, 0.25) is 0 Å². The zero-order chi connectivity index (χ0) is 14.2. The lowest BCUT2D eigenvalue weighted by molar-refractivity contribution is 0.364. The van der Waals surface area contributed by atoms with Crippen LogP contribution in [0.1, 0.15) is 18.4 Å². The van der Waals surface area contributed by atoms with Crippen LogP contribution in [-0.4, -0.2) is 50.3 Å². The van der Waals surface area contributed by atoms with Crippen LogP contribution < -0.4 is 4.90 Å². The molecule has 0 bridgehead atoms. The fourth-order valence-corrected chi connectivity index (χ4v) is 4.61. The summed E-state index contributed by atoms with van der Waals surface area (Å²) in [7, 11) is -1.29. The highest BCUT2D eigenvalue weighted by Crippen LogP contribution is 2.26. The number of likely N-dealkylation sites (N-methyl/N-ethyl adjacent to an activating group) is 1. The summed E-state index contributed by atoms with van der Waals surface area (Å²) in [5.74, 6) is 0. The molecule has 0 saturated carbocycles. The van der Waals surface area contributed by atoms with Gasteiger partial charge in [0.25, 0.3) is 10.2 Å². The molecule has 1 saturated heterocycles. The highest BCUT2D eigenvalue weighted by Gasteiger charge is 2.33. The number of nitrogens with zero attached hydrogens (tertiary/aromatic N) is 3. The number of hydrogen-bond donors (Lipinski definition) is 0. The molecule has 0 amide bonds. The molecule has 110 valence electrons. The SMILES string of the molecule is CN1CCN(S(=O)(=O)N2CCCC2)Cc2ccccc21. The Balaban J connectivity index is 1.89. The van der Waals surface area contributed by atoms with E-state index in [0.29, 0.717) is 26.2 Å². The van der Waals surface area contributed by atoms with Gasteiger partial charge < -0.3 is 4.90 Å². The predicted octanol–water partition coefficient (Wildman–Crippen LogP) is 1.28. The highest BCUT2D eigenvalue weighted by atomic mass is 32.2. The van der Waals surface area contributed by atoms with Crippen molar-refractivity contribution in [3.63, 3.8) is 0 Å². The number of benzene rings is 1. The van der Waals surface area contributed by atoms with Crippen molar-refractivity contribution < 1.29 is 8.42 Å². The molecule has 1 aromatic carbocycles. The molecular weight excluding hydrogens is 274 g/mol. The minimum Gasteiger partial charge on any atom is -0.373 e. The van der Waals surface area contributed by atoms with Crippen LogP contribution in [0.15, 0.2) is 24.3 Å². The Morgan fingerprint density at radius 1 is 0.950 bits per heavy atom. The summed E-state index contributed by atoms with van der Waals surface area (Å²) < 4.78 is 28.6. The maximum Gasteiger partial charge on any atom is 0.282 e. The first-order chi connectivity index (χ1) is 9.59. The molecule has 0 radical (unpaired) electrons. The Hall–Kier alpha value is -1.11. The zero-order valence-corrected chi connectivity index (χ0v) is 12.6. The van der Waals surface area contributed by atoms with Gasteiger partial charge in [-0.3, -0.25) is 0 Å². The van der Waals surface area contributed by atoms with Crippen LogP contribution in [0, 0.1) is 0 Å². The van der Waals surface area contributed by atoms with Crippen LogP contribution in [0.5, 0.6) is 0 Å². The van der Waals surface area contributed by atoms with Crippen LogP contribution in [-0.2, 0) is 16.8 Å². The van der Waals surface area contributed by atoms with Gasteiger partial charge in [-0.2, -0.15) is 17.0 Å². The van der Waals surface area contributed by atoms with E-state index < -0.39 is 10.2 Å². The summed E-state index contributed by atoms with van der Waals surface area (Å²) >= 11 is 0. The third-order valence-electron chi connectivity index (χ3n) is 4.15. The molecular formula is C14H21N3O2S. The topological polar surface area (TPSA) is 43.9 Å². The first kappa shape index (κ1) is 13.9. The van der Waals surface area contributed by atoms with E-state index in [-0.39, 0.29) is 0 Å². The Labute approximate surface area is 121 Å². The van der Waals surface area contributed by atoms with Gasteiger partial charge in [-0.1, -0.05) is 18.2 Å². The Morgan fingerprint density at radius 2 is 1.65 bits per heavy atom. The minimum absolute atomic E-state index is 0.472. The molecule has 2 heterocycles. The van der Waals surface area contributed by atoms with Crippen molar-refractivity contribution >= 4 is 15.9 Å². The third-order valence-corrected chi connectivity index (χ3v) is 6.13. The molecule has 1 aromatic rings. The second kappa shape index (κ2) is 5.35. The Bertz CT molecular complexity index is 582. The van der Waals surface area contributed by atoms with Gasteiger partial charge in [0.05, 0.1) is 0 Å². The van der Waals surface area contributed by atoms with E-state index in [1.165, 1.54) is 0 Å². The molecule has 1 fully saturated rings. The summed E-state index contributed by atoms with van der Waals surface area (Å²) in [5, 5.41) is 0. The van der Waals surface area contributed by atoms with Gasteiger partial charge >= 0.3 is 0 Å². The molecule has 2 aliphatic rings. The van der Waals surface area contributed by atoms with Crippen molar-refractivity contribution in [2.45, 2.75) is 19.4 Å². The molecule has 5 nitrogen and oxygen atoms in total. The van der Waals surface area contributed by atoms with Crippen molar-refractivity contribution in [3.8, 4) is 0 Å². The van der Waals surface area contributed by atoms with Gasteiger partial charge in [0, 0.05) is 45.5 Å². The fourth-order valence-electron chi connectivity index (χ4n) is 2.95. The normalized spacial score (nSPS) is 21.8. The van der Waals surface area contributed by atoms with E-state index in [1.54, 1.807) is 8.61 Å². The monoisotopic (exact) mass is 295 g/mol. The van der Waals surface area contributed by atoms with E-state index in [0.717, 1.165) is 30.6 Å². The molecule has 0 aromatic heterocycles. The lowest BCUT2D eigenvalue weighted by Crippen LogP contribution is -2.43. The molecule has 0 N–H and O–H groups in total. The molecule has 0 aliphatic carbocycles. The first-order valence-electron chi connectivity index (χ1n) is 7.13. The molecule has 0 spiro atoms. The fraction of sp³-hybridized carbons (Fsp3) is 0.571. The van der Waals surface area contributed by atoms with Crippen molar-refractivity contribution in [2.24, 2.45) is 0 Å². The smallest absolute Gasteiger partial charge is 0.282 e. The number of rotatable bonds is 2. The van der Waals surface area contributed by atoms with Crippen LogP contribution >= 0.6 is 0 Å². The van der Waals surface area contributed by atoms with E-state index in [4.69, 9.17) is 0 Å². The second-order valence-electron chi connectivity index (χ2n) is 5.50. The van der Waals surface area contributed by atoms with Gasteiger partial charge in [-0.15, -0.1) is 0 Å². The summed E-state index contributed by atoms with van der Waals surface area (Å²) in [6.07, 6.45) is 1.95. The number of para-hydroxylation sites is 1. The summed E-state index contributed by atoms with van der Waals surface area (Å²) in [6, 6.07) is 8.05. The van der Waals surface area contributed by atoms with Crippen LogP contribution in [0.3, 0.4) is 0 Å². The van der Waals surface area contributed by atoms with Crippen LogP contribution in [0.4, 0.5) is 5.69 Å². The minimum atomic E-state index is -3.31. The molecule has 0 atom stereocenters. The van der Waals surface area contributed by atoms with Crippen LogP contribution in [0.25, 0.3) is 0 Å². The first-order valence-corrected chi connectivity index (χ1v) is 8.53. The zero-order valence-electron chi connectivity index (χ0n) is 11.8. The Morgan fingerprint density at radius 3 is 2.40 bits per heavy atom. The summed E-state index contributed by atoms with van der Waals surface area (Å²) in [6.45, 7) is 3.07. The second-order valence-corrected chi connectivity index (χ2v) is 7.43. The predicted molar refractivity (Wildman–Crippen MR) is 79.8 cm³/mol. The van der Waals surface area contributed by atoms with Crippen molar-refractivity contribution in [3.05, 3.63) is 29.8 Å². The number of fused-ring (bicyclic) bond motifs is 1. The Kier molecular flexibility index (Phi) is 3.70. The van der Waals surface area contributed by atoms with E-state index in [2.05, 4.69) is 11.0 Å². The molecule has 0 unspecified atom stereocenters. The van der Waals surface area contributed by atoms with Crippen molar-refractivity contribution in [1.29, 1.82) is 0 Å². The molecule has 2 aliphatic heterocycles. The van der Waals surface area contributed by atoms with Gasteiger partial charge in [0.2, 0.25) is 0 Å². The highest BCUT2D eigenvalue weighted by molar-refractivity contribution is 7.86. The largest absolute Gasteiger partial charge is 0.373 e. The average Bonchev–Trinajstić information content (AvgIpc) is 2.92. The molecule has 3 rings (SSSR count). The maximum atomic E-state index is 12.7. The van der Waals surface area contributed by atoms with E-state index in [1.807, 2.05) is 25.2 Å². The van der Waals surface area contributed by atoms with Gasteiger partial charge in [0.1, 0.15) is 0 Å². The van der Waals surface area contributed by atoms with E-state index in [9.17, 15) is 8.42 Å². The standard InChI is InChI=1S/C14H21N3O2S/c1-15-10-11-17(12-13-6-2-3-7-14(13)15)20(18,19)16-8-4-5-9-16/h2-3,6-7H,4-5,8-12H2,1H3. The van der Waals surface area contributed by atoms with Gasteiger partial charge in [0.15, 0.2) is 0 Å². The number of anilines is 1. The maximum absolute atomic E-state index is 12.7. The lowest BCUT2D eigenvalue weighted by Gasteiger charge is -2.26. The van der Waals surface area contributed by atoms with Gasteiger partial charge in [-0.05, 0) is 24.5 Å². The van der Waals surface area contributed by atoms with Crippen molar-refractivity contribution in [2.75, 3.05) is 38.1 Å².